The minimum atomic E-state index is -4.58. The molecule has 25 heavy (non-hydrogen) atoms. The third kappa shape index (κ3) is 4.10. The molecule has 0 amide bonds. The van der Waals surface area contributed by atoms with Crippen LogP contribution in [0.2, 0.25) is 5.15 Å². The van der Waals surface area contributed by atoms with Crippen molar-refractivity contribution in [3.8, 4) is 11.5 Å². The molecule has 3 N–H and O–H groups in total. The smallest absolute Gasteiger partial charge is 0.368 e. The average Bonchev–Trinajstić information content (AvgIpc) is 2.54. The number of nitrogens with one attached hydrogen (secondary N) is 1. The van der Waals surface area contributed by atoms with Crippen molar-refractivity contribution in [3.05, 3.63) is 47.4 Å². The summed E-state index contributed by atoms with van der Waals surface area (Å²) in [5, 5.41) is 3.07. The van der Waals surface area contributed by atoms with Crippen molar-refractivity contribution < 1.29 is 13.2 Å². The van der Waals surface area contributed by atoms with Crippen LogP contribution in [0.25, 0.3) is 11.5 Å². The molecule has 7 nitrogen and oxygen atoms in total. The molecule has 128 valence electrons. The van der Waals surface area contributed by atoms with Crippen LogP contribution in [0, 0.1) is 0 Å². The van der Waals surface area contributed by atoms with Crippen LogP contribution < -0.4 is 11.1 Å². The van der Waals surface area contributed by atoms with E-state index >= 15 is 0 Å². The third-order valence-electron chi connectivity index (χ3n) is 2.90. The van der Waals surface area contributed by atoms with Gasteiger partial charge < -0.3 is 11.1 Å². The maximum absolute atomic E-state index is 12.8. The van der Waals surface area contributed by atoms with E-state index in [1.807, 2.05) is 0 Å². The normalized spacial score (nSPS) is 11.4. The summed E-state index contributed by atoms with van der Waals surface area (Å²) in [6, 6.07) is 6.53. The summed E-state index contributed by atoms with van der Waals surface area (Å²) in [4.78, 5) is 19.1. The minimum Gasteiger partial charge on any atom is -0.368 e. The predicted molar refractivity (Wildman–Crippen MR) is 85.0 cm³/mol. The topological polar surface area (TPSA) is 102 Å². The van der Waals surface area contributed by atoms with E-state index in [2.05, 4.69) is 30.2 Å². The van der Waals surface area contributed by atoms with Crippen molar-refractivity contribution in [1.82, 2.24) is 24.9 Å². The lowest BCUT2D eigenvalue weighted by molar-refractivity contribution is -0.141. The largest absolute Gasteiger partial charge is 0.433 e. The summed E-state index contributed by atoms with van der Waals surface area (Å²) < 4.78 is 38.4. The van der Waals surface area contributed by atoms with Crippen molar-refractivity contribution in [1.29, 1.82) is 0 Å². The highest BCUT2D eigenvalue weighted by Crippen LogP contribution is 2.29. The summed E-state index contributed by atoms with van der Waals surface area (Å²) in [7, 11) is 0. The fraction of sp³-hybridized carbons (Fsp3) is 0.0714. The van der Waals surface area contributed by atoms with Gasteiger partial charge in [0, 0.05) is 11.9 Å². The van der Waals surface area contributed by atoms with Gasteiger partial charge in [-0.05, 0) is 24.3 Å². The number of nitrogens with zero attached hydrogens (tertiary/aromatic N) is 5. The number of rotatable bonds is 3. The van der Waals surface area contributed by atoms with Crippen LogP contribution in [0.15, 0.2) is 36.5 Å². The highest BCUT2D eigenvalue weighted by Gasteiger charge is 2.32. The van der Waals surface area contributed by atoms with Gasteiger partial charge in [-0.25, -0.2) is 9.97 Å². The Morgan fingerprint density at radius 3 is 2.56 bits per heavy atom. The lowest BCUT2D eigenvalue weighted by Crippen LogP contribution is -2.10. The summed E-state index contributed by atoms with van der Waals surface area (Å²) in [5.74, 6) is -0.239. The first-order valence-corrected chi connectivity index (χ1v) is 7.14. The van der Waals surface area contributed by atoms with Gasteiger partial charge in [-0.1, -0.05) is 17.7 Å². The van der Waals surface area contributed by atoms with Crippen molar-refractivity contribution in [2.45, 2.75) is 6.18 Å². The SMILES string of the molecule is Nc1nc(Nc2ccnc(Cl)c2)nc(-c2cccc(C(F)(F)F)n2)n1. The molecular formula is C14H9ClF3N7. The number of anilines is 3. The van der Waals surface area contributed by atoms with Gasteiger partial charge in [0.2, 0.25) is 11.9 Å². The average molecular weight is 368 g/mol. The number of hydrogen-bond donors (Lipinski definition) is 2. The number of aromatic nitrogens is 5. The number of nitrogens with two attached hydrogens (primary N) is 1. The summed E-state index contributed by atoms with van der Waals surface area (Å²) in [6.45, 7) is 0. The molecular weight excluding hydrogens is 359 g/mol. The van der Waals surface area contributed by atoms with Crippen molar-refractivity contribution in [2.75, 3.05) is 11.1 Å². The molecule has 0 radical (unpaired) electrons. The zero-order chi connectivity index (χ0) is 18.0. The molecule has 0 aliphatic rings. The second-order valence-electron chi connectivity index (χ2n) is 4.74. The Kier molecular flexibility index (Phi) is 4.36. The van der Waals surface area contributed by atoms with Gasteiger partial charge in [0.1, 0.15) is 16.5 Å². The molecule has 0 fully saturated rings. The fourth-order valence-corrected chi connectivity index (χ4v) is 2.06. The molecule has 0 aromatic carbocycles. The second kappa shape index (κ2) is 6.48. The Morgan fingerprint density at radius 2 is 1.84 bits per heavy atom. The first kappa shape index (κ1) is 16.8. The lowest BCUT2D eigenvalue weighted by Gasteiger charge is -2.09. The van der Waals surface area contributed by atoms with E-state index in [9.17, 15) is 13.2 Å². The van der Waals surface area contributed by atoms with Crippen LogP contribution in [0.4, 0.5) is 30.8 Å². The minimum absolute atomic E-state index is 0.0315. The molecule has 0 bridgehead atoms. The highest BCUT2D eigenvalue weighted by atomic mass is 35.5. The molecule has 0 atom stereocenters. The highest BCUT2D eigenvalue weighted by molar-refractivity contribution is 6.29. The van der Waals surface area contributed by atoms with Gasteiger partial charge in [0.05, 0.1) is 0 Å². The molecule has 3 rings (SSSR count). The number of nitrogen functional groups attached to an aromatic ring is 1. The maximum Gasteiger partial charge on any atom is 0.433 e. The van der Waals surface area contributed by atoms with Crippen LogP contribution >= 0.6 is 11.6 Å². The summed E-state index contributed by atoms with van der Waals surface area (Å²) in [5.41, 5.74) is 5.00. The van der Waals surface area contributed by atoms with E-state index in [-0.39, 0.29) is 28.6 Å². The van der Waals surface area contributed by atoms with E-state index in [4.69, 9.17) is 17.3 Å². The van der Waals surface area contributed by atoms with Crippen LogP contribution in [0.3, 0.4) is 0 Å². The summed E-state index contributed by atoms with van der Waals surface area (Å²) >= 11 is 5.78. The van der Waals surface area contributed by atoms with E-state index in [0.717, 1.165) is 6.07 Å². The number of alkyl halides is 3. The molecule has 3 aromatic heterocycles. The number of pyridine rings is 2. The van der Waals surface area contributed by atoms with Gasteiger partial charge in [0.25, 0.3) is 0 Å². The Labute approximate surface area is 144 Å². The quantitative estimate of drug-likeness (QED) is 0.684. The van der Waals surface area contributed by atoms with Gasteiger partial charge in [-0.15, -0.1) is 0 Å². The summed E-state index contributed by atoms with van der Waals surface area (Å²) in [6.07, 6.45) is -3.12. The van der Waals surface area contributed by atoms with E-state index in [1.165, 1.54) is 24.4 Å². The molecule has 11 heteroatoms. The zero-order valence-electron chi connectivity index (χ0n) is 12.3. The van der Waals surface area contributed by atoms with Crippen LogP contribution in [0.5, 0.6) is 0 Å². The van der Waals surface area contributed by atoms with E-state index < -0.39 is 11.9 Å². The monoisotopic (exact) mass is 367 g/mol. The van der Waals surface area contributed by atoms with Crippen LogP contribution in [0.1, 0.15) is 5.69 Å². The lowest BCUT2D eigenvalue weighted by atomic mass is 10.3. The molecule has 0 saturated heterocycles. The van der Waals surface area contributed by atoms with Gasteiger partial charge >= 0.3 is 6.18 Å². The van der Waals surface area contributed by atoms with Crippen LogP contribution in [-0.4, -0.2) is 24.9 Å². The van der Waals surface area contributed by atoms with Crippen LogP contribution in [-0.2, 0) is 6.18 Å². The molecule has 0 spiro atoms. The molecule has 3 aromatic rings. The predicted octanol–water partition coefficient (Wildman–Crippen LogP) is 3.33. The zero-order valence-corrected chi connectivity index (χ0v) is 13.0. The third-order valence-corrected chi connectivity index (χ3v) is 3.11. The first-order chi connectivity index (χ1) is 11.8. The molecule has 0 saturated carbocycles. The van der Waals surface area contributed by atoms with E-state index in [0.29, 0.717) is 5.69 Å². The van der Waals surface area contributed by atoms with Crippen molar-refractivity contribution >= 4 is 29.2 Å². The number of halogens is 4. The Morgan fingerprint density at radius 1 is 1.04 bits per heavy atom. The molecule has 0 aliphatic carbocycles. The Hall–Kier alpha value is -3.01. The fourth-order valence-electron chi connectivity index (χ4n) is 1.89. The van der Waals surface area contributed by atoms with Gasteiger partial charge in [-0.2, -0.15) is 28.1 Å². The Bertz CT molecular complexity index is 917. The molecule has 0 aliphatic heterocycles. The second-order valence-corrected chi connectivity index (χ2v) is 5.13. The molecule has 3 heterocycles. The van der Waals surface area contributed by atoms with Crippen molar-refractivity contribution in [2.24, 2.45) is 0 Å². The number of hydrogen-bond acceptors (Lipinski definition) is 7. The standard InChI is InChI=1S/C14H9ClF3N7/c15-10-6-7(4-5-20-10)21-13-24-11(23-12(19)25-13)8-2-1-3-9(22-8)14(16,17)18/h1-6H,(H3,19,20,21,23,24,25). The van der Waals surface area contributed by atoms with Gasteiger partial charge in [0.15, 0.2) is 5.82 Å². The van der Waals surface area contributed by atoms with Crippen molar-refractivity contribution in [3.63, 3.8) is 0 Å². The first-order valence-electron chi connectivity index (χ1n) is 6.76. The van der Waals surface area contributed by atoms with E-state index in [1.54, 1.807) is 6.07 Å². The molecule has 0 unspecified atom stereocenters. The Balaban J connectivity index is 1.97. The van der Waals surface area contributed by atoms with Gasteiger partial charge in [-0.3, -0.25) is 0 Å². The maximum atomic E-state index is 12.8.